The number of carboxylic acids is 1. The summed E-state index contributed by atoms with van der Waals surface area (Å²) in [6.07, 6.45) is 5.56. The number of nitrogens with zero attached hydrogens (tertiary/aromatic N) is 2. The summed E-state index contributed by atoms with van der Waals surface area (Å²) in [7, 11) is 0. The number of thioether (sulfide) groups is 1. The third-order valence-electron chi connectivity index (χ3n) is 4.41. The van der Waals surface area contributed by atoms with Crippen molar-refractivity contribution in [2.75, 3.05) is 0 Å². The van der Waals surface area contributed by atoms with Gasteiger partial charge in [0.25, 0.3) is 0 Å². The van der Waals surface area contributed by atoms with E-state index >= 15 is 0 Å². The van der Waals surface area contributed by atoms with Gasteiger partial charge >= 0.3 is 0 Å². The summed E-state index contributed by atoms with van der Waals surface area (Å²) >= 11 is 1.38. The zero-order valence-electron chi connectivity index (χ0n) is 13.4. The average molecular weight is 348 g/mol. The number of hydrogen-bond acceptors (Lipinski definition) is 5. The van der Waals surface area contributed by atoms with Crippen LogP contribution in [0, 0.1) is 5.92 Å². The number of aliphatic hydroxyl groups is 1. The quantitative estimate of drug-likeness (QED) is 0.427. The minimum Gasteiger partial charge on any atom is -0.543 e. The number of carbonyl (C=O) groups excluding carboxylic acids is 2. The molecule has 0 aliphatic carbocycles. The van der Waals surface area contributed by atoms with E-state index in [1.54, 1.807) is 6.92 Å². The molecule has 3 rings (SSSR count). The van der Waals surface area contributed by atoms with Crippen LogP contribution in [0.4, 0.5) is 0 Å². The highest BCUT2D eigenvalue weighted by atomic mass is 32.2. The van der Waals surface area contributed by atoms with Crippen molar-refractivity contribution in [1.29, 1.82) is 0 Å². The summed E-state index contributed by atoms with van der Waals surface area (Å²) in [6.45, 7) is 2.43. The van der Waals surface area contributed by atoms with Crippen LogP contribution in [0.15, 0.2) is 41.2 Å². The number of aromatic nitrogens is 1. The Kier molecular flexibility index (Phi) is 4.91. The highest BCUT2D eigenvalue weighted by molar-refractivity contribution is 8.04. The van der Waals surface area contributed by atoms with E-state index in [9.17, 15) is 19.8 Å². The third kappa shape index (κ3) is 3.06. The second kappa shape index (κ2) is 6.94. The van der Waals surface area contributed by atoms with Crippen LogP contribution in [0.25, 0.3) is 0 Å². The number of fused-ring (bicyclic) bond motifs is 1. The van der Waals surface area contributed by atoms with Gasteiger partial charge in [0, 0.05) is 23.5 Å². The van der Waals surface area contributed by atoms with E-state index in [1.807, 2.05) is 30.6 Å². The normalized spacial score (nSPS) is 23.9. The van der Waals surface area contributed by atoms with Gasteiger partial charge < -0.3 is 15.0 Å². The molecule has 1 aromatic heterocycles. The Bertz CT molecular complexity index is 674. The van der Waals surface area contributed by atoms with Crippen molar-refractivity contribution in [2.24, 2.45) is 5.92 Å². The van der Waals surface area contributed by atoms with Crippen LogP contribution in [0.1, 0.15) is 26.2 Å². The average Bonchev–Trinajstić information content (AvgIpc) is 2.86. The molecule has 0 radical (unpaired) electrons. The van der Waals surface area contributed by atoms with Gasteiger partial charge in [-0.05, 0) is 19.8 Å². The van der Waals surface area contributed by atoms with Crippen molar-refractivity contribution < 1.29 is 24.4 Å². The summed E-state index contributed by atoms with van der Waals surface area (Å²) in [4.78, 5) is 25.5. The van der Waals surface area contributed by atoms with Gasteiger partial charge in [-0.3, -0.25) is 9.69 Å². The smallest absolute Gasteiger partial charge is 0.236 e. The maximum Gasteiger partial charge on any atom is 0.236 e. The second-order valence-electron chi connectivity index (χ2n) is 6.11. The molecule has 6 nitrogen and oxygen atoms in total. The molecule has 24 heavy (non-hydrogen) atoms. The number of rotatable bonds is 7. The molecule has 1 N–H and O–H groups in total. The molecule has 1 saturated heterocycles. The SMILES string of the molecule is C[C@@H](O)[C@H]1C(=O)N2C(C(=O)[O-])=C(CCCC[n+]3ccccc3)S[C@H]12. The van der Waals surface area contributed by atoms with Crippen LogP contribution in [0.2, 0.25) is 0 Å². The number of pyridine rings is 1. The number of hydrogen-bond donors (Lipinski definition) is 1. The zero-order valence-corrected chi connectivity index (χ0v) is 14.2. The van der Waals surface area contributed by atoms with Crippen LogP contribution in [-0.4, -0.2) is 33.4 Å². The number of aryl methyl sites for hydroxylation is 1. The van der Waals surface area contributed by atoms with Crippen LogP contribution in [0.5, 0.6) is 0 Å². The van der Waals surface area contributed by atoms with E-state index in [0.29, 0.717) is 11.3 Å². The number of unbranched alkanes of at least 4 members (excludes halogenated alkanes) is 1. The third-order valence-corrected chi connectivity index (χ3v) is 5.84. The molecule has 1 fully saturated rings. The molecule has 7 heteroatoms. The second-order valence-corrected chi connectivity index (χ2v) is 7.32. The lowest BCUT2D eigenvalue weighted by Gasteiger charge is -2.44. The fourth-order valence-corrected chi connectivity index (χ4v) is 4.84. The van der Waals surface area contributed by atoms with Gasteiger partial charge in [-0.1, -0.05) is 6.07 Å². The summed E-state index contributed by atoms with van der Waals surface area (Å²) < 4.78 is 2.08. The van der Waals surface area contributed by atoms with E-state index in [1.165, 1.54) is 16.7 Å². The molecular formula is C17H20N2O4S. The zero-order chi connectivity index (χ0) is 17.3. The van der Waals surface area contributed by atoms with Crippen molar-refractivity contribution in [3.05, 3.63) is 41.2 Å². The molecule has 0 aromatic carbocycles. The minimum atomic E-state index is -1.31. The first kappa shape index (κ1) is 17.0. The molecule has 0 spiro atoms. The van der Waals surface area contributed by atoms with E-state index in [-0.39, 0.29) is 17.0 Å². The Morgan fingerprint density at radius 2 is 2.08 bits per heavy atom. The van der Waals surface area contributed by atoms with Crippen LogP contribution >= 0.6 is 11.8 Å². The molecule has 1 aromatic rings. The summed E-state index contributed by atoms with van der Waals surface area (Å²) in [5.41, 5.74) is -0.000681. The lowest BCUT2D eigenvalue weighted by atomic mass is 9.92. The molecule has 0 saturated carbocycles. The van der Waals surface area contributed by atoms with Gasteiger partial charge in [0.15, 0.2) is 12.4 Å². The molecule has 1 amide bonds. The fraction of sp³-hybridized carbons (Fsp3) is 0.471. The number of β-lactam (4-membered cyclic amide) rings is 1. The highest BCUT2D eigenvalue weighted by Crippen LogP contribution is 2.51. The van der Waals surface area contributed by atoms with Gasteiger partial charge in [0.1, 0.15) is 11.9 Å². The van der Waals surface area contributed by atoms with Crippen LogP contribution in [0.3, 0.4) is 0 Å². The first-order chi connectivity index (χ1) is 11.5. The highest BCUT2D eigenvalue weighted by Gasteiger charge is 2.55. The summed E-state index contributed by atoms with van der Waals surface area (Å²) in [5.74, 6) is -2.16. The molecule has 0 unspecified atom stereocenters. The number of allylic oxidation sites excluding steroid dienone is 1. The topological polar surface area (TPSA) is 84.5 Å². The fourth-order valence-electron chi connectivity index (χ4n) is 3.18. The molecule has 3 heterocycles. The molecule has 3 atom stereocenters. The molecule has 2 aliphatic heterocycles. The van der Waals surface area contributed by atoms with Gasteiger partial charge in [-0.25, -0.2) is 4.57 Å². The minimum absolute atomic E-state index is 0.000681. The van der Waals surface area contributed by atoms with Crippen LogP contribution < -0.4 is 9.67 Å². The molecular weight excluding hydrogens is 328 g/mol. The lowest BCUT2D eigenvalue weighted by Crippen LogP contribution is -2.61. The maximum atomic E-state index is 12.1. The predicted molar refractivity (Wildman–Crippen MR) is 85.9 cm³/mol. The van der Waals surface area contributed by atoms with E-state index < -0.39 is 18.0 Å². The van der Waals surface area contributed by atoms with Gasteiger partial charge in [-0.15, -0.1) is 11.8 Å². The Balaban J connectivity index is 1.60. The molecule has 0 bridgehead atoms. The van der Waals surface area contributed by atoms with Crippen molar-refractivity contribution in [1.82, 2.24) is 4.90 Å². The first-order valence-corrected chi connectivity index (χ1v) is 8.95. The van der Waals surface area contributed by atoms with E-state index in [4.69, 9.17) is 0 Å². The van der Waals surface area contributed by atoms with Crippen LogP contribution in [-0.2, 0) is 16.1 Å². The largest absolute Gasteiger partial charge is 0.543 e. The predicted octanol–water partition coefficient (Wildman–Crippen LogP) is 0.0180. The van der Waals surface area contributed by atoms with Gasteiger partial charge in [0.05, 0.1) is 23.7 Å². The Morgan fingerprint density at radius 3 is 2.71 bits per heavy atom. The van der Waals surface area contributed by atoms with E-state index in [2.05, 4.69) is 4.57 Å². The Labute approximate surface area is 144 Å². The maximum absolute atomic E-state index is 12.1. The van der Waals surface area contributed by atoms with Crippen molar-refractivity contribution in [3.8, 4) is 0 Å². The lowest BCUT2D eigenvalue weighted by molar-refractivity contribution is -0.697. The van der Waals surface area contributed by atoms with Gasteiger partial charge in [0.2, 0.25) is 5.91 Å². The Morgan fingerprint density at radius 1 is 1.38 bits per heavy atom. The Hall–Kier alpha value is -1.86. The monoisotopic (exact) mass is 348 g/mol. The number of amides is 1. The summed E-state index contributed by atoms with van der Waals surface area (Å²) in [5, 5.41) is 20.8. The molecule has 128 valence electrons. The van der Waals surface area contributed by atoms with E-state index in [0.717, 1.165) is 19.4 Å². The number of aliphatic hydroxyl groups excluding tert-OH is 1. The van der Waals surface area contributed by atoms with Crippen molar-refractivity contribution in [2.45, 2.75) is 44.2 Å². The summed E-state index contributed by atoms with van der Waals surface area (Å²) in [6, 6.07) is 5.90. The number of carbonyl (C=O) groups is 2. The number of carboxylic acid groups (broad SMARTS) is 1. The van der Waals surface area contributed by atoms with Crippen molar-refractivity contribution in [3.63, 3.8) is 0 Å². The standard InChI is InChI=1S/C17H20N2O4S/c1-11(20)13-15(21)19-14(17(22)23)12(24-16(13)19)7-3-6-10-18-8-4-2-5-9-18/h2,4-5,8-9,11,13,16,20H,3,6-7,10H2,1H3/t11-,13+,16-/m1/s1. The van der Waals surface area contributed by atoms with Gasteiger partial charge in [-0.2, -0.15) is 0 Å². The first-order valence-electron chi connectivity index (χ1n) is 8.07. The number of aliphatic carboxylic acids is 1. The van der Waals surface area contributed by atoms with Crippen molar-refractivity contribution >= 4 is 23.6 Å². The molecule has 2 aliphatic rings.